The molecule has 1 aromatic heterocycles. The fourth-order valence-electron chi connectivity index (χ4n) is 3.37. The minimum atomic E-state index is -0.602. The van der Waals surface area contributed by atoms with E-state index in [4.69, 9.17) is 5.73 Å². The van der Waals surface area contributed by atoms with Crippen molar-refractivity contribution >= 4 is 11.6 Å². The quantitative estimate of drug-likeness (QED) is 0.782. The number of halogens is 2. The second-order valence-corrected chi connectivity index (χ2v) is 6.99. The zero-order valence-corrected chi connectivity index (χ0v) is 15.4. The second kappa shape index (κ2) is 8.52. The normalized spacial score (nSPS) is 15.2. The molecular formula is C20H25F2N4O. The number of nitrogens with two attached hydrogens (primary N) is 1. The lowest BCUT2D eigenvalue weighted by molar-refractivity contribution is 0.0783. The van der Waals surface area contributed by atoms with E-state index in [1.54, 1.807) is 0 Å². The summed E-state index contributed by atoms with van der Waals surface area (Å²) in [6.45, 7) is 2.12. The van der Waals surface area contributed by atoms with Gasteiger partial charge in [0.05, 0.1) is 5.69 Å². The van der Waals surface area contributed by atoms with Crippen molar-refractivity contribution in [3.05, 3.63) is 59.8 Å². The molecule has 3 rings (SSSR count). The summed E-state index contributed by atoms with van der Waals surface area (Å²) in [6, 6.07) is 4.92. The van der Waals surface area contributed by atoms with Crippen LogP contribution in [0.1, 0.15) is 28.9 Å². The SMILES string of the molecule is Cn1cc(NC[CH][C@H](N)Cc2cc(F)cc(F)c2)cc1C(=O)N1CCCC1. The highest BCUT2D eigenvalue weighted by molar-refractivity contribution is 5.94. The van der Waals surface area contributed by atoms with Gasteiger partial charge in [0.15, 0.2) is 0 Å². The standard InChI is InChI=1S/C20H25F2N4O/c1-25-13-18(12-19(25)20(27)26-6-2-3-7-26)24-5-4-17(23)10-14-8-15(21)11-16(22)9-14/h4,8-9,11-13,17,24H,2-3,5-7,10,23H2,1H3/t17-/m0/s1. The van der Waals surface area contributed by atoms with Gasteiger partial charge in [-0.25, -0.2) is 8.78 Å². The number of carbonyl (C=O) groups excluding carboxylic acids is 1. The number of hydrogen-bond donors (Lipinski definition) is 2. The van der Waals surface area contributed by atoms with Crippen LogP contribution in [0.5, 0.6) is 0 Å². The van der Waals surface area contributed by atoms with Crippen molar-refractivity contribution in [1.82, 2.24) is 9.47 Å². The van der Waals surface area contributed by atoms with Crippen molar-refractivity contribution in [2.45, 2.75) is 25.3 Å². The van der Waals surface area contributed by atoms with Crippen LogP contribution < -0.4 is 11.1 Å². The monoisotopic (exact) mass is 375 g/mol. The number of nitrogens with one attached hydrogen (secondary N) is 1. The first-order valence-electron chi connectivity index (χ1n) is 9.16. The maximum Gasteiger partial charge on any atom is 0.270 e. The lowest BCUT2D eigenvalue weighted by atomic mass is 10.0. The zero-order chi connectivity index (χ0) is 19.4. The number of aromatic nitrogens is 1. The molecule has 0 aliphatic carbocycles. The predicted octanol–water partition coefficient (Wildman–Crippen LogP) is 2.73. The van der Waals surface area contributed by atoms with Gasteiger partial charge in [0, 0.05) is 45.0 Å². The highest BCUT2D eigenvalue weighted by Crippen LogP contribution is 2.18. The van der Waals surface area contributed by atoms with Crippen LogP contribution in [0.2, 0.25) is 0 Å². The number of benzene rings is 1. The highest BCUT2D eigenvalue weighted by Gasteiger charge is 2.22. The predicted molar refractivity (Wildman–Crippen MR) is 101 cm³/mol. The molecule has 5 nitrogen and oxygen atoms in total. The number of anilines is 1. The number of rotatable bonds is 7. The minimum absolute atomic E-state index is 0.0526. The number of likely N-dealkylation sites (tertiary alicyclic amines) is 1. The Morgan fingerprint density at radius 2 is 1.89 bits per heavy atom. The molecule has 1 aliphatic rings. The van der Waals surface area contributed by atoms with Gasteiger partial charge in [-0.2, -0.15) is 0 Å². The number of nitrogens with zero attached hydrogens (tertiary/aromatic N) is 2. The van der Waals surface area contributed by atoms with Gasteiger partial charge in [-0.1, -0.05) is 0 Å². The Hall–Kier alpha value is -2.41. The van der Waals surface area contributed by atoms with Crippen molar-refractivity contribution in [2.24, 2.45) is 12.8 Å². The molecule has 3 N–H and O–H groups in total. The number of aryl methyl sites for hydroxylation is 1. The van der Waals surface area contributed by atoms with E-state index in [9.17, 15) is 13.6 Å². The van der Waals surface area contributed by atoms with Crippen molar-refractivity contribution in [3.63, 3.8) is 0 Å². The second-order valence-electron chi connectivity index (χ2n) is 6.99. The van der Waals surface area contributed by atoms with Crippen molar-refractivity contribution < 1.29 is 13.6 Å². The summed E-state index contributed by atoms with van der Waals surface area (Å²) in [5, 5.41) is 3.22. The molecule has 0 bridgehead atoms. The van der Waals surface area contributed by atoms with E-state index in [0.29, 0.717) is 24.2 Å². The van der Waals surface area contributed by atoms with Crippen LogP contribution in [0.15, 0.2) is 30.5 Å². The zero-order valence-electron chi connectivity index (χ0n) is 15.4. The fourth-order valence-corrected chi connectivity index (χ4v) is 3.37. The van der Waals surface area contributed by atoms with E-state index in [1.165, 1.54) is 12.1 Å². The first-order valence-corrected chi connectivity index (χ1v) is 9.16. The van der Waals surface area contributed by atoms with Gasteiger partial charge < -0.3 is 20.5 Å². The topological polar surface area (TPSA) is 63.3 Å². The van der Waals surface area contributed by atoms with E-state index in [0.717, 1.165) is 37.7 Å². The Bertz CT molecular complexity index is 779. The molecule has 2 aromatic rings. The molecule has 1 fully saturated rings. The Labute approximate surface area is 158 Å². The van der Waals surface area contributed by atoms with Crippen LogP contribution in [0.4, 0.5) is 14.5 Å². The molecule has 1 radical (unpaired) electrons. The third-order valence-corrected chi connectivity index (χ3v) is 4.74. The summed E-state index contributed by atoms with van der Waals surface area (Å²) in [7, 11) is 1.85. The minimum Gasteiger partial charge on any atom is -0.383 e. The molecule has 0 unspecified atom stereocenters. The van der Waals surface area contributed by atoms with E-state index in [-0.39, 0.29) is 11.9 Å². The fraction of sp³-hybridized carbons (Fsp3) is 0.400. The smallest absolute Gasteiger partial charge is 0.270 e. The maximum absolute atomic E-state index is 13.2. The summed E-state index contributed by atoms with van der Waals surface area (Å²) >= 11 is 0. The van der Waals surface area contributed by atoms with Crippen LogP contribution >= 0.6 is 0 Å². The van der Waals surface area contributed by atoms with Crippen molar-refractivity contribution in [1.29, 1.82) is 0 Å². The van der Waals surface area contributed by atoms with Crippen LogP contribution in [0.25, 0.3) is 0 Å². The van der Waals surface area contributed by atoms with E-state index >= 15 is 0 Å². The molecule has 1 saturated heterocycles. The van der Waals surface area contributed by atoms with Crippen LogP contribution in [0.3, 0.4) is 0 Å². The van der Waals surface area contributed by atoms with E-state index < -0.39 is 11.6 Å². The van der Waals surface area contributed by atoms with Crippen LogP contribution in [-0.4, -0.2) is 41.1 Å². The van der Waals surface area contributed by atoms with Gasteiger partial charge >= 0.3 is 0 Å². The van der Waals surface area contributed by atoms with Crippen LogP contribution in [0, 0.1) is 18.1 Å². The maximum atomic E-state index is 13.2. The average molecular weight is 375 g/mol. The Kier molecular flexibility index (Phi) is 6.11. The molecule has 0 spiro atoms. The van der Waals surface area contributed by atoms with E-state index in [1.807, 2.05) is 35.2 Å². The molecule has 1 atom stereocenters. The first-order chi connectivity index (χ1) is 12.9. The third-order valence-electron chi connectivity index (χ3n) is 4.74. The molecule has 1 aromatic carbocycles. The van der Waals surface area contributed by atoms with Crippen molar-refractivity contribution in [2.75, 3.05) is 25.0 Å². The molecule has 1 aliphatic heterocycles. The Morgan fingerprint density at radius 3 is 2.56 bits per heavy atom. The van der Waals surface area contributed by atoms with Gasteiger partial charge in [0.1, 0.15) is 17.3 Å². The number of hydrogen-bond acceptors (Lipinski definition) is 3. The summed E-state index contributed by atoms with van der Waals surface area (Å²) in [6.07, 6.45) is 6.18. The van der Waals surface area contributed by atoms with Gasteiger partial charge in [-0.3, -0.25) is 4.79 Å². The Morgan fingerprint density at radius 1 is 1.22 bits per heavy atom. The van der Waals surface area contributed by atoms with E-state index in [2.05, 4.69) is 5.32 Å². The lowest BCUT2D eigenvalue weighted by Crippen LogP contribution is -2.29. The number of amides is 1. The molecular weight excluding hydrogens is 350 g/mol. The van der Waals surface area contributed by atoms with Gasteiger partial charge in [0.2, 0.25) is 0 Å². The molecule has 27 heavy (non-hydrogen) atoms. The summed E-state index contributed by atoms with van der Waals surface area (Å²) in [5.74, 6) is -1.15. The van der Waals surface area contributed by atoms with Gasteiger partial charge in [0.25, 0.3) is 5.91 Å². The molecule has 145 valence electrons. The van der Waals surface area contributed by atoms with Gasteiger partial charge in [-0.15, -0.1) is 0 Å². The summed E-state index contributed by atoms with van der Waals surface area (Å²) in [4.78, 5) is 14.4. The van der Waals surface area contributed by atoms with Gasteiger partial charge in [-0.05, 0) is 49.4 Å². The molecule has 2 heterocycles. The largest absolute Gasteiger partial charge is 0.383 e. The first kappa shape index (κ1) is 19.4. The average Bonchev–Trinajstić information content (AvgIpc) is 3.23. The molecule has 7 heteroatoms. The van der Waals surface area contributed by atoms with Crippen LogP contribution in [-0.2, 0) is 13.5 Å². The van der Waals surface area contributed by atoms with Crippen molar-refractivity contribution in [3.8, 4) is 0 Å². The summed E-state index contributed by atoms with van der Waals surface area (Å²) in [5.41, 5.74) is 8.04. The lowest BCUT2D eigenvalue weighted by Gasteiger charge is -2.15. The molecule has 0 saturated carbocycles. The third kappa shape index (κ3) is 5.07. The number of carbonyl (C=O) groups is 1. The summed E-state index contributed by atoms with van der Waals surface area (Å²) < 4.78 is 28.3. The highest BCUT2D eigenvalue weighted by atomic mass is 19.1. The molecule has 1 amide bonds. The Balaban J connectivity index is 1.50.